The summed E-state index contributed by atoms with van der Waals surface area (Å²) in [5.74, 6) is 0.493. The molecule has 0 unspecified atom stereocenters. The smallest absolute Gasteiger partial charge is 0.0642 e. The van der Waals surface area contributed by atoms with Crippen molar-refractivity contribution in [2.75, 3.05) is 32.2 Å². The maximum atomic E-state index is 6.18. The molecule has 0 saturated heterocycles. The fourth-order valence-corrected chi connectivity index (χ4v) is 2.02. The third-order valence-corrected chi connectivity index (χ3v) is 3.03. The first-order chi connectivity index (χ1) is 7.69. The molecule has 0 aliphatic carbocycles. The van der Waals surface area contributed by atoms with E-state index in [4.69, 9.17) is 27.9 Å². The number of hydrogen-bond acceptors (Lipinski definition) is 2. The fourth-order valence-electron chi connectivity index (χ4n) is 1.51. The Morgan fingerprint density at radius 1 is 1.38 bits per heavy atom. The van der Waals surface area contributed by atoms with Crippen LogP contribution in [0.25, 0.3) is 0 Å². The summed E-state index contributed by atoms with van der Waals surface area (Å²) in [6.07, 6.45) is 0.987. The molecule has 90 valence electrons. The van der Waals surface area contributed by atoms with E-state index in [-0.39, 0.29) is 0 Å². The zero-order valence-corrected chi connectivity index (χ0v) is 11.2. The van der Waals surface area contributed by atoms with Gasteiger partial charge in [0.25, 0.3) is 0 Å². The molecule has 0 N–H and O–H groups in total. The monoisotopic (exact) mass is 261 g/mol. The molecule has 1 rings (SSSR count). The number of methoxy groups -OCH3 is 1. The van der Waals surface area contributed by atoms with E-state index >= 15 is 0 Å². The lowest BCUT2D eigenvalue weighted by Gasteiger charge is -2.20. The maximum absolute atomic E-state index is 6.18. The second-order valence-electron chi connectivity index (χ2n) is 3.69. The molecule has 2 nitrogen and oxygen atoms in total. The molecule has 0 bridgehead atoms. The minimum Gasteiger partial charge on any atom is -0.385 e. The van der Waals surface area contributed by atoms with Crippen molar-refractivity contribution in [3.05, 3.63) is 28.8 Å². The Morgan fingerprint density at radius 2 is 2.12 bits per heavy atom. The predicted molar refractivity (Wildman–Crippen MR) is 70.8 cm³/mol. The molecule has 0 aliphatic heterocycles. The lowest BCUT2D eigenvalue weighted by atomic mass is 10.2. The maximum Gasteiger partial charge on any atom is 0.0642 e. The van der Waals surface area contributed by atoms with Gasteiger partial charge in [0.2, 0.25) is 0 Å². The van der Waals surface area contributed by atoms with Gasteiger partial charge in [0.05, 0.1) is 10.7 Å². The number of halogens is 2. The van der Waals surface area contributed by atoms with E-state index in [1.54, 1.807) is 7.11 Å². The average Bonchev–Trinajstić information content (AvgIpc) is 2.29. The third-order valence-electron chi connectivity index (χ3n) is 2.42. The van der Waals surface area contributed by atoms with Crippen molar-refractivity contribution in [2.24, 2.45) is 0 Å². The van der Waals surface area contributed by atoms with Crippen LogP contribution >= 0.6 is 23.2 Å². The summed E-state index contributed by atoms with van der Waals surface area (Å²) < 4.78 is 5.02. The highest BCUT2D eigenvalue weighted by Gasteiger charge is 2.06. The van der Waals surface area contributed by atoms with E-state index < -0.39 is 0 Å². The number of hydrogen-bond donors (Lipinski definition) is 0. The van der Waals surface area contributed by atoms with E-state index in [1.165, 1.54) is 0 Å². The Labute approximate surface area is 107 Å². The van der Waals surface area contributed by atoms with Gasteiger partial charge in [0.1, 0.15) is 0 Å². The van der Waals surface area contributed by atoms with Gasteiger partial charge in [-0.2, -0.15) is 0 Å². The zero-order valence-electron chi connectivity index (χ0n) is 9.67. The lowest BCUT2D eigenvalue weighted by molar-refractivity contribution is 0.196. The van der Waals surface area contributed by atoms with Gasteiger partial charge < -0.3 is 9.64 Å². The quantitative estimate of drug-likeness (QED) is 0.574. The summed E-state index contributed by atoms with van der Waals surface area (Å²) in [5, 5.41) is 0.748. The summed E-state index contributed by atoms with van der Waals surface area (Å²) in [5.41, 5.74) is 2.08. The average molecular weight is 262 g/mol. The van der Waals surface area contributed by atoms with Crippen LogP contribution in [0.15, 0.2) is 18.2 Å². The summed E-state index contributed by atoms with van der Waals surface area (Å²) in [4.78, 5) is 2.12. The van der Waals surface area contributed by atoms with E-state index in [1.807, 2.05) is 25.2 Å². The Bertz CT molecular complexity index is 331. The largest absolute Gasteiger partial charge is 0.385 e. The summed E-state index contributed by atoms with van der Waals surface area (Å²) in [6.45, 7) is 1.69. The van der Waals surface area contributed by atoms with Gasteiger partial charge in [-0.05, 0) is 24.1 Å². The molecule has 0 fully saturated rings. The minimum absolute atomic E-state index is 0.493. The van der Waals surface area contributed by atoms with Crippen molar-refractivity contribution in [1.29, 1.82) is 0 Å². The van der Waals surface area contributed by atoms with Gasteiger partial charge in [-0.1, -0.05) is 17.7 Å². The highest BCUT2D eigenvalue weighted by atomic mass is 35.5. The molecule has 0 saturated carbocycles. The van der Waals surface area contributed by atoms with E-state index in [2.05, 4.69) is 4.90 Å². The second-order valence-corrected chi connectivity index (χ2v) is 4.36. The minimum atomic E-state index is 0.493. The van der Waals surface area contributed by atoms with Crippen molar-refractivity contribution in [2.45, 2.75) is 12.3 Å². The first-order valence-corrected chi connectivity index (χ1v) is 6.14. The van der Waals surface area contributed by atoms with Crippen LogP contribution in [0.1, 0.15) is 12.0 Å². The number of nitrogens with zero attached hydrogens (tertiary/aromatic N) is 1. The molecule has 0 atom stereocenters. The highest BCUT2D eigenvalue weighted by Crippen LogP contribution is 2.26. The van der Waals surface area contributed by atoms with Crippen molar-refractivity contribution in [1.82, 2.24) is 0 Å². The molecule has 4 heteroatoms. The van der Waals surface area contributed by atoms with Crippen LogP contribution in [0.2, 0.25) is 5.02 Å². The number of benzene rings is 1. The summed E-state index contributed by atoms with van der Waals surface area (Å²) in [6, 6.07) is 5.92. The predicted octanol–water partition coefficient (Wildman–Crippen LogP) is 3.55. The van der Waals surface area contributed by atoms with Crippen LogP contribution in [0.3, 0.4) is 0 Å². The van der Waals surface area contributed by atoms with Crippen LogP contribution in [0.5, 0.6) is 0 Å². The topological polar surface area (TPSA) is 12.5 Å². The van der Waals surface area contributed by atoms with Crippen molar-refractivity contribution < 1.29 is 4.74 Å². The van der Waals surface area contributed by atoms with Crippen molar-refractivity contribution in [3.63, 3.8) is 0 Å². The summed E-state index contributed by atoms with van der Waals surface area (Å²) in [7, 11) is 3.74. The molecule has 1 aromatic rings. The van der Waals surface area contributed by atoms with Gasteiger partial charge in [0.15, 0.2) is 0 Å². The molecule has 0 spiro atoms. The van der Waals surface area contributed by atoms with Crippen LogP contribution in [0.4, 0.5) is 5.69 Å². The van der Waals surface area contributed by atoms with Gasteiger partial charge in [-0.25, -0.2) is 0 Å². The van der Waals surface area contributed by atoms with Crippen molar-refractivity contribution in [3.8, 4) is 0 Å². The molecule has 16 heavy (non-hydrogen) atoms. The van der Waals surface area contributed by atoms with Gasteiger partial charge >= 0.3 is 0 Å². The molecule has 0 aliphatic rings. The van der Waals surface area contributed by atoms with Crippen LogP contribution in [0, 0.1) is 0 Å². The Hall–Kier alpha value is -0.440. The summed E-state index contributed by atoms with van der Waals surface area (Å²) >= 11 is 11.9. The Kier molecular flexibility index (Phi) is 5.96. The highest BCUT2D eigenvalue weighted by molar-refractivity contribution is 6.33. The molecule has 0 aromatic heterocycles. The lowest BCUT2D eigenvalue weighted by Crippen LogP contribution is -2.20. The van der Waals surface area contributed by atoms with E-state index in [9.17, 15) is 0 Å². The van der Waals surface area contributed by atoms with Gasteiger partial charge in [-0.15, -0.1) is 11.6 Å². The molecule has 0 heterocycles. The third kappa shape index (κ3) is 3.85. The fraction of sp³-hybridized carbons (Fsp3) is 0.500. The standard InChI is InChI=1S/C12H17Cl2NO/c1-15(6-3-7-16-2)12-5-4-10(9-13)8-11(12)14/h4-5,8H,3,6-7,9H2,1-2H3. The molecular weight excluding hydrogens is 245 g/mol. The molecular formula is C12H17Cl2NO. The number of alkyl halides is 1. The molecule has 0 amide bonds. The Morgan fingerprint density at radius 3 is 2.69 bits per heavy atom. The van der Waals surface area contributed by atoms with Crippen molar-refractivity contribution >= 4 is 28.9 Å². The first kappa shape index (κ1) is 13.6. The Balaban J connectivity index is 2.64. The van der Waals surface area contributed by atoms with Crippen LogP contribution in [-0.2, 0) is 10.6 Å². The molecule has 0 radical (unpaired) electrons. The number of ether oxygens (including phenoxy) is 1. The molecule has 1 aromatic carbocycles. The van der Waals surface area contributed by atoms with Gasteiger partial charge in [-0.3, -0.25) is 0 Å². The normalized spacial score (nSPS) is 10.5. The zero-order chi connectivity index (χ0) is 12.0. The SMILES string of the molecule is COCCCN(C)c1ccc(CCl)cc1Cl. The van der Waals surface area contributed by atoms with Gasteiger partial charge in [0, 0.05) is 33.2 Å². The van der Waals surface area contributed by atoms with Crippen LogP contribution < -0.4 is 4.90 Å². The number of rotatable bonds is 6. The van der Waals surface area contributed by atoms with E-state index in [0.717, 1.165) is 35.8 Å². The van der Waals surface area contributed by atoms with Crippen LogP contribution in [-0.4, -0.2) is 27.3 Å². The van der Waals surface area contributed by atoms with E-state index in [0.29, 0.717) is 5.88 Å². The first-order valence-electron chi connectivity index (χ1n) is 5.23. The number of anilines is 1. The second kappa shape index (κ2) is 7.00.